The lowest BCUT2D eigenvalue weighted by atomic mass is 10.1. The van der Waals surface area contributed by atoms with Gasteiger partial charge in [-0.1, -0.05) is 54.1 Å². The second-order valence-electron chi connectivity index (χ2n) is 7.34. The summed E-state index contributed by atoms with van der Waals surface area (Å²) in [4.78, 5) is 21.1. The second-order valence-corrected chi connectivity index (χ2v) is 8.96. The fraction of sp³-hybridized carbons (Fsp3) is 0.154. The topological polar surface area (TPSA) is 51.7 Å². The van der Waals surface area contributed by atoms with Gasteiger partial charge < -0.3 is 9.47 Å². The lowest BCUT2D eigenvalue weighted by molar-refractivity contribution is -0.117. The van der Waals surface area contributed by atoms with Gasteiger partial charge in [0, 0.05) is 21.5 Å². The zero-order valence-electron chi connectivity index (χ0n) is 18.5. The maximum atomic E-state index is 13.6. The molecule has 0 aliphatic heterocycles. The molecule has 4 rings (SSSR count). The van der Waals surface area contributed by atoms with E-state index in [1.54, 1.807) is 31.3 Å². The van der Waals surface area contributed by atoms with Crippen LogP contribution in [0.15, 0.2) is 72.8 Å². The summed E-state index contributed by atoms with van der Waals surface area (Å²) in [7, 11) is 3.16. The van der Waals surface area contributed by atoms with Crippen molar-refractivity contribution in [3.8, 4) is 22.8 Å². The van der Waals surface area contributed by atoms with Crippen LogP contribution in [0.5, 0.6) is 11.5 Å². The number of hydrogen-bond donors (Lipinski definition) is 0. The average Bonchev–Trinajstić information content (AvgIpc) is 3.21. The molecule has 168 valence electrons. The van der Waals surface area contributed by atoms with Crippen molar-refractivity contribution in [3.63, 3.8) is 0 Å². The fourth-order valence-corrected chi connectivity index (χ4v) is 4.62. The van der Waals surface area contributed by atoms with Gasteiger partial charge in [0.15, 0.2) is 16.6 Å². The van der Waals surface area contributed by atoms with Gasteiger partial charge in [0.25, 0.3) is 0 Å². The maximum absolute atomic E-state index is 13.6. The predicted octanol–water partition coefficient (Wildman–Crippen LogP) is 6.70. The molecule has 1 heterocycles. The molecule has 0 unspecified atom stereocenters. The molecule has 0 saturated heterocycles. The largest absolute Gasteiger partial charge is 0.493 e. The van der Waals surface area contributed by atoms with Gasteiger partial charge in [-0.3, -0.25) is 9.69 Å². The minimum atomic E-state index is -0.0928. The smallest absolute Gasteiger partial charge is 0.237 e. The van der Waals surface area contributed by atoms with E-state index in [9.17, 15) is 4.79 Å². The highest BCUT2D eigenvalue weighted by Crippen LogP contribution is 2.39. The van der Waals surface area contributed by atoms with E-state index in [2.05, 4.69) is 0 Å². The number of hydrogen-bond acceptors (Lipinski definition) is 5. The van der Waals surface area contributed by atoms with Crippen molar-refractivity contribution < 1.29 is 14.3 Å². The molecule has 0 fully saturated rings. The third-order valence-corrected chi connectivity index (χ3v) is 6.38. The molecule has 0 bridgehead atoms. The summed E-state index contributed by atoms with van der Waals surface area (Å²) in [5.41, 5.74) is 3.36. The van der Waals surface area contributed by atoms with Crippen LogP contribution in [0, 0.1) is 6.92 Å². The molecule has 3 aromatic carbocycles. The number of benzene rings is 3. The van der Waals surface area contributed by atoms with E-state index < -0.39 is 0 Å². The molecule has 0 spiro atoms. The van der Waals surface area contributed by atoms with E-state index in [-0.39, 0.29) is 12.3 Å². The molecule has 5 nitrogen and oxygen atoms in total. The summed E-state index contributed by atoms with van der Waals surface area (Å²) < 4.78 is 10.8. The number of aromatic nitrogens is 1. The van der Waals surface area contributed by atoms with Crippen molar-refractivity contribution in [1.82, 2.24) is 4.98 Å². The average molecular weight is 479 g/mol. The molecule has 0 saturated carbocycles. The number of nitrogens with zero attached hydrogens (tertiary/aromatic N) is 2. The first kappa shape index (κ1) is 22.8. The third kappa shape index (κ3) is 5.02. The van der Waals surface area contributed by atoms with E-state index in [4.69, 9.17) is 26.1 Å². The summed E-state index contributed by atoms with van der Waals surface area (Å²) in [6.07, 6.45) is 0.240. The van der Waals surface area contributed by atoms with Crippen molar-refractivity contribution in [2.75, 3.05) is 19.1 Å². The van der Waals surface area contributed by atoms with Crippen LogP contribution in [0.1, 0.15) is 10.4 Å². The SMILES string of the molecule is COc1ccc(N(C(=O)Cc2ccccc2)c2nc(-c3ccc(Cl)cc3)c(C)s2)cc1OC. The summed E-state index contributed by atoms with van der Waals surface area (Å²) in [5, 5.41) is 1.25. The van der Waals surface area contributed by atoms with Crippen LogP contribution in [0.25, 0.3) is 11.3 Å². The quantitative estimate of drug-likeness (QED) is 0.296. The maximum Gasteiger partial charge on any atom is 0.237 e. The highest BCUT2D eigenvalue weighted by molar-refractivity contribution is 7.16. The van der Waals surface area contributed by atoms with Crippen molar-refractivity contribution in [1.29, 1.82) is 0 Å². The Morgan fingerprint density at radius 1 is 0.970 bits per heavy atom. The number of carbonyl (C=O) groups excluding carboxylic acids is 1. The van der Waals surface area contributed by atoms with Crippen LogP contribution >= 0.6 is 22.9 Å². The number of methoxy groups -OCH3 is 2. The molecule has 1 aromatic heterocycles. The Hall–Kier alpha value is -3.35. The van der Waals surface area contributed by atoms with Gasteiger partial charge in [0.1, 0.15) is 0 Å². The van der Waals surface area contributed by atoms with Crippen LogP contribution in [0.4, 0.5) is 10.8 Å². The molecule has 0 N–H and O–H groups in total. The van der Waals surface area contributed by atoms with E-state index >= 15 is 0 Å². The van der Waals surface area contributed by atoms with Crippen molar-refractivity contribution in [2.45, 2.75) is 13.3 Å². The Balaban J connectivity index is 1.78. The molecular formula is C26H23ClN2O3S. The van der Waals surface area contributed by atoms with E-state index in [0.717, 1.165) is 21.7 Å². The molecule has 0 atom stereocenters. The molecule has 0 aliphatic rings. The van der Waals surface area contributed by atoms with E-state index in [1.807, 2.05) is 67.6 Å². The molecule has 0 aliphatic carbocycles. The van der Waals surface area contributed by atoms with Gasteiger partial charge in [-0.25, -0.2) is 4.98 Å². The van der Waals surface area contributed by atoms with Crippen molar-refractivity contribution in [2.24, 2.45) is 0 Å². The number of anilines is 2. The minimum absolute atomic E-state index is 0.0928. The first-order valence-corrected chi connectivity index (χ1v) is 11.5. The highest BCUT2D eigenvalue weighted by atomic mass is 35.5. The second kappa shape index (κ2) is 10.1. The van der Waals surface area contributed by atoms with Crippen LogP contribution in [0.3, 0.4) is 0 Å². The molecule has 33 heavy (non-hydrogen) atoms. The van der Waals surface area contributed by atoms with Crippen LogP contribution in [-0.4, -0.2) is 25.1 Å². The lowest BCUT2D eigenvalue weighted by Crippen LogP contribution is -2.27. The summed E-state index contributed by atoms with van der Waals surface area (Å²) in [6, 6.07) is 22.6. The first-order valence-electron chi connectivity index (χ1n) is 10.3. The van der Waals surface area contributed by atoms with Crippen molar-refractivity contribution in [3.05, 3.63) is 88.3 Å². The Kier molecular flexibility index (Phi) is 6.96. The summed E-state index contributed by atoms with van der Waals surface area (Å²) >= 11 is 7.52. The van der Waals surface area contributed by atoms with Crippen LogP contribution in [0.2, 0.25) is 5.02 Å². The zero-order chi connectivity index (χ0) is 23.4. The van der Waals surface area contributed by atoms with Crippen molar-refractivity contribution >= 4 is 39.7 Å². The van der Waals surface area contributed by atoms with Gasteiger partial charge in [0.2, 0.25) is 5.91 Å². The Labute approximate surface area is 202 Å². The fourth-order valence-electron chi connectivity index (χ4n) is 3.53. The van der Waals surface area contributed by atoms with E-state index in [0.29, 0.717) is 27.3 Å². The standard InChI is InChI=1S/C26H23ClN2O3S/c1-17-25(19-9-11-20(27)12-10-19)28-26(33-17)29(24(30)15-18-7-5-4-6-8-18)21-13-14-22(31-2)23(16-21)32-3/h4-14,16H,15H2,1-3H3. The van der Waals surface area contributed by atoms with Gasteiger partial charge in [-0.05, 0) is 36.8 Å². The van der Waals surface area contributed by atoms with E-state index in [1.165, 1.54) is 11.3 Å². The summed E-state index contributed by atoms with van der Waals surface area (Å²) in [6.45, 7) is 2.00. The monoisotopic (exact) mass is 478 g/mol. The van der Waals surface area contributed by atoms with Gasteiger partial charge in [-0.15, -0.1) is 11.3 Å². The molecule has 4 aromatic rings. The Bertz CT molecular complexity index is 1260. The number of thiazole rings is 1. The number of amides is 1. The summed E-state index contributed by atoms with van der Waals surface area (Å²) in [5.74, 6) is 1.04. The van der Waals surface area contributed by atoms with Crippen LogP contribution < -0.4 is 14.4 Å². The number of aryl methyl sites for hydroxylation is 1. The van der Waals surface area contributed by atoms with Crippen LogP contribution in [-0.2, 0) is 11.2 Å². The first-order chi connectivity index (χ1) is 16.0. The molecule has 7 heteroatoms. The lowest BCUT2D eigenvalue weighted by Gasteiger charge is -2.21. The predicted molar refractivity (Wildman–Crippen MR) is 134 cm³/mol. The number of carbonyl (C=O) groups is 1. The zero-order valence-corrected chi connectivity index (χ0v) is 20.1. The number of halogens is 1. The van der Waals surface area contributed by atoms with Gasteiger partial charge in [0.05, 0.1) is 32.0 Å². The third-order valence-electron chi connectivity index (χ3n) is 5.17. The highest BCUT2D eigenvalue weighted by Gasteiger charge is 2.24. The number of ether oxygens (including phenoxy) is 2. The number of rotatable bonds is 7. The molecule has 1 amide bonds. The minimum Gasteiger partial charge on any atom is -0.493 e. The normalized spacial score (nSPS) is 10.7. The van der Waals surface area contributed by atoms with Gasteiger partial charge >= 0.3 is 0 Å². The van der Waals surface area contributed by atoms with Gasteiger partial charge in [-0.2, -0.15) is 0 Å². The Morgan fingerprint density at radius 2 is 1.67 bits per heavy atom. The molecule has 0 radical (unpaired) electrons. The molecular weight excluding hydrogens is 456 g/mol. The Morgan fingerprint density at radius 3 is 2.33 bits per heavy atom.